The van der Waals surface area contributed by atoms with Gasteiger partial charge in [-0.25, -0.2) is 9.37 Å². The summed E-state index contributed by atoms with van der Waals surface area (Å²) in [6.45, 7) is 0.326. The van der Waals surface area contributed by atoms with E-state index in [4.69, 9.17) is 5.73 Å². The Morgan fingerprint density at radius 2 is 2.20 bits per heavy atom. The predicted octanol–water partition coefficient (Wildman–Crippen LogP) is 0.591. The first-order chi connectivity index (χ1) is 9.56. The van der Waals surface area contributed by atoms with Crippen molar-refractivity contribution in [2.75, 3.05) is 12.3 Å². The van der Waals surface area contributed by atoms with Crippen molar-refractivity contribution < 1.29 is 14.0 Å². The van der Waals surface area contributed by atoms with Crippen molar-refractivity contribution in [1.29, 1.82) is 0 Å². The number of pyridine rings is 1. The van der Waals surface area contributed by atoms with E-state index in [9.17, 15) is 14.0 Å². The third kappa shape index (κ3) is 4.18. The molecule has 0 unspecified atom stereocenters. The summed E-state index contributed by atoms with van der Waals surface area (Å²) in [7, 11) is 0. The van der Waals surface area contributed by atoms with Crippen LogP contribution in [0.1, 0.15) is 36.0 Å². The number of amides is 2. The Kier molecular flexibility index (Phi) is 4.49. The van der Waals surface area contributed by atoms with Crippen LogP contribution in [0.5, 0.6) is 0 Å². The van der Waals surface area contributed by atoms with E-state index in [1.807, 2.05) is 0 Å². The molecular weight excluding hydrogens is 263 g/mol. The summed E-state index contributed by atoms with van der Waals surface area (Å²) in [6.07, 6.45) is 3.93. The van der Waals surface area contributed by atoms with Crippen molar-refractivity contribution in [1.82, 2.24) is 15.6 Å². The summed E-state index contributed by atoms with van der Waals surface area (Å²) < 4.78 is 13.0. The number of nitrogen functional groups attached to an aromatic ring is 1. The molecule has 1 fully saturated rings. The average molecular weight is 280 g/mol. The van der Waals surface area contributed by atoms with Crippen LogP contribution in [0.4, 0.5) is 10.2 Å². The number of carbonyl (C=O) groups excluding carboxylic acids is 2. The van der Waals surface area contributed by atoms with Gasteiger partial charge in [-0.2, -0.15) is 0 Å². The third-order valence-electron chi connectivity index (χ3n) is 2.94. The van der Waals surface area contributed by atoms with Crippen molar-refractivity contribution in [3.05, 3.63) is 23.6 Å². The van der Waals surface area contributed by atoms with Gasteiger partial charge < -0.3 is 16.4 Å². The molecule has 6 nitrogen and oxygen atoms in total. The summed E-state index contributed by atoms with van der Waals surface area (Å²) in [4.78, 5) is 26.7. The summed E-state index contributed by atoms with van der Waals surface area (Å²) in [5, 5.41) is 5.44. The quantitative estimate of drug-likeness (QED) is 0.664. The SMILES string of the molecule is Nc1ncc(F)cc1C(=O)NCCCC(=O)NC1CC1. The van der Waals surface area contributed by atoms with Gasteiger partial charge in [-0.3, -0.25) is 9.59 Å². The Bertz CT molecular complexity index is 517. The average Bonchev–Trinajstić information content (AvgIpc) is 3.21. The monoisotopic (exact) mass is 280 g/mol. The fourth-order valence-corrected chi connectivity index (χ4v) is 1.71. The minimum atomic E-state index is -0.617. The maximum absolute atomic E-state index is 13.0. The Morgan fingerprint density at radius 3 is 2.90 bits per heavy atom. The number of anilines is 1. The molecule has 7 heteroatoms. The first-order valence-electron chi connectivity index (χ1n) is 6.55. The maximum Gasteiger partial charge on any atom is 0.255 e. The van der Waals surface area contributed by atoms with Gasteiger partial charge in [0, 0.05) is 19.0 Å². The molecule has 1 aliphatic rings. The Hall–Kier alpha value is -2.18. The fourth-order valence-electron chi connectivity index (χ4n) is 1.71. The zero-order chi connectivity index (χ0) is 14.5. The van der Waals surface area contributed by atoms with Crippen LogP contribution in [-0.2, 0) is 4.79 Å². The molecule has 108 valence electrons. The van der Waals surface area contributed by atoms with E-state index in [2.05, 4.69) is 15.6 Å². The molecule has 0 spiro atoms. The van der Waals surface area contributed by atoms with Gasteiger partial charge in [0.2, 0.25) is 5.91 Å². The van der Waals surface area contributed by atoms with E-state index in [0.717, 1.165) is 25.1 Å². The van der Waals surface area contributed by atoms with E-state index < -0.39 is 11.7 Å². The maximum atomic E-state index is 13.0. The molecule has 0 bridgehead atoms. The number of nitrogens with two attached hydrogens (primary N) is 1. The molecule has 0 atom stereocenters. The number of rotatable bonds is 6. The molecule has 1 aliphatic carbocycles. The lowest BCUT2D eigenvalue weighted by Gasteiger charge is -2.07. The smallest absolute Gasteiger partial charge is 0.255 e. The second-order valence-electron chi connectivity index (χ2n) is 4.79. The lowest BCUT2D eigenvalue weighted by molar-refractivity contribution is -0.121. The van der Waals surface area contributed by atoms with Gasteiger partial charge in [-0.15, -0.1) is 0 Å². The fraction of sp³-hybridized carbons (Fsp3) is 0.462. The zero-order valence-electron chi connectivity index (χ0n) is 11.0. The molecule has 2 amide bonds. The highest BCUT2D eigenvalue weighted by Gasteiger charge is 2.22. The third-order valence-corrected chi connectivity index (χ3v) is 2.94. The zero-order valence-corrected chi connectivity index (χ0v) is 11.0. The van der Waals surface area contributed by atoms with E-state index in [0.29, 0.717) is 25.4 Å². The first-order valence-corrected chi connectivity index (χ1v) is 6.55. The number of carbonyl (C=O) groups is 2. The lowest BCUT2D eigenvalue weighted by Crippen LogP contribution is -2.29. The van der Waals surface area contributed by atoms with Gasteiger partial charge in [-0.05, 0) is 25.3 Å². The minimum Gasteiger partial charge on any atom is -0.383 e. The van der Waals surface area contributed by atoms with Crippen LogP contribution < -0.4 is 16.4 Å². The van der Waals surface area contributed by atoms with Crippen molar-refractivity contribution >= 4 is 17.6 Å². The molecule has 20 heavy (non-hydrogen) atoms. The second-order valence-corrected chi connectivity index (χ2v) is 4.79. The van der Waals surface area contributed by atoms with Gasteiger partial charge in [0.1, 0.15) is 11.6 Å². The highest BCUT2D eigenvalue weighted by Crippen LogP contribution is 2.18. The van der Waals surface area contributed by atoms with Crippen molar-refractivity contribution in [2.24, 2.45) is 0 Å². The summed E-state index contributed by atoms with van der Waals surface area (Å²) in [6, 6.07) is 1.38. The van der Waals surface area contributed by atoms with Crippen LogP contribution in [0, 0.1) is 5.82 Å². The standard InChI is InChI=1S/C13H17FN4O2/c14-8-6-10(12(15)17-7-8)13(20)16-5-1-2-11(19)18-9-3-4-9/h6-7,9H,1-5H2,(H2,15,17)(H,16,20)(H,18,19). The van der Waals surface area contributed by atoms with Crippen LogP contribution in [-0.4, -0.2) is 29.4 Å². The number of nitrogens with zero attached hydrogens (tertiary/aromatic N) is 1. The van der Waals surface area contributed by atoms with Gasteiger partial charge in [-0.1, -0.05) is 0 Å². The van der Waals surface area contributed by atoms with E-state index in [-0.39, 0.29) is 17.3 Å². The number of hydrogen-bond acceptors (Lipinski definition) is 4. The van der Waals surface area contributed by atoms with E-state index in [1.165, 1.54) is 0 Å². The predicted molar refractivity (Wildman–Crippen MR) is 71.3 cm³/mol. The number of halogens is 1. The molecule has 0 saturated heterocycles. The highest BCUT2D eigenvalue weighted by atomic mass is 19.1. The van der Waals surface area contributed by atoms with Crippen LogP contribution in [0.3, 0.4) is 0 Å². The van der Waals surface area contributed by atoms with Crippen LogP contribution in [0.2, 0.25) is 0 Å². The number of aromatic nitrogens is 1. The lowest BCUT2D eigenvalue weighted by atomic mass is 10.2. The molecule has 0 radical (unpaired) electrons. The molecule has 4 N–H and O–H groups in total. The summed E-state index contributed by atoms with van der Waals surface area (Å²) >= 11 is 0. The van der Waals surface area contributed by atoms with Crippen LogP contribution >= 0.6 is 0 Å². The largest absolute Gasteiger partial charge is 0.383 e. The highest BCUT2D eigenvalue weighted by molar-refractivity contribution is 5.98. The minimum absolute atomic E-state index is 0.00585. The molecule has 2 rings (SSSR count). The van der Waals surface area contributed by atoms with Crippen LogP contribution in [0.15, 0.2) is 12.3 Å². The van der Waals surface area contributed by atoms with E-state index >= 15 is 0 Å². The van der Waals surface area contributed by atoms with Crippen molar-refractivity contribution in [3.63, 3.8) is 0 Å². The van der Waals surface area contributed by atoms with Crippen LogP contribution in [0.25, 0.3) is 0 Å². The number of nitrogens with one attached hydrogen (secondary N) is 2. The van der Waals surface area contributed by atoms with Crippen molar-refractivity contribution in [3.8, 4) is 0 Å². The molecule has 1 aromatic heterocycles. The van der Waals surface area contributed by atoms with Gasteiger partial charge in [0.15, 0.2) is 0 Å². The van der Waals surface area contributed by atoms with E-state index in [1.54, 1.807) is 0 Å². The summed E-state index contributed by atoms with van der Waals surface area (Å²) in [5.41, 5.74) is 5.51. The Labute approximate surface area is 115 Å². The molecule has 1 saturated carbocycles. The normalized spacial score (nSPS) is 13.8. The molecule has 1 heterocycles. The Balaban J connectivity index is 1.71. The first kappa shape index (κ1) is 14.2. The molecule has 1 aromatic rings. The Morgan fingerprint density at radius 1 is 1.45 bits per heavy atom. The molecule has 0 aliphatic heterocycles. The molecular formula is C13H17FN4O2. The van der Waals surface area contributed by atoms with Crippen molar-refractivity contribution in [2.45, 2.75) is 31.7 Å². The molecule has 0 aromatic carbocycles. The summed E-state index contributed by atoms with van der Waals surface area (Å²) in [5.74, 6) is -1.13. The topological polar surface area (TPSA) is 97.1 Å². The van der Waals surface area contributed by atoms with Gasteiger partial charge in [0.25, 0.3) is 5.91 Å². The van der Waals surface area contributed by atoms with Gasteiger partial charge >= 0.3 is 0 Å². The van der Waals surface area contributed by atoms with Gasteiger partial charge in [0.05, 0.1) is 11.8 Å². The number of hydrogen-bond donors (Lipinski definition) is 3. The second kappa shape index (κ2) is 6.31.